The molecular formula is C34H34N4O5. The molecule has 1 saturated heterocycles. The van der Waals surface area contributed by atoms with Crippen LogP contribution in [0.4, 0.5) is 11.4 Å². The Morgan fingerprint density at radius 3 is 2.40 bits per heavy atom. The summed E-state index contributed by atoms with van der Waals surface area (Å²) in [5.41, 5.74) is 1.79. The number of benzene rings is 4. The number of ketones is 1. The average molecular weight is 579 g/mol. The van der Waals surface area contributed by atoms with Gasteiger partial charge in [0.25, 0.3) is 5.69 Å². The molecule has 1 heterocycles. The summed E-state index contributed by atoms with van der Waals surface area (Å²) in [4.78, 5) is 53.4. The first kappa shape index (κ1) is 29.6. The molecule has 0 radical (unpaired) electrons. The first-order valence-corrected chi connectivity index (χ1v) is 14.4. The van der Waals surface area contributed by atoms with Crippen LogP contribution in [-0.4, -0.2) is 47.1 Å². The molecule has 1 aliphatic rings. The van der Waals surface area contributed by atoms with Crippen LogP contribution in [0.25, 0.3) is 10.8 Å². The van der Waals surface area contributed by atoms with E-state index in [4.69, 9.17) is 0 Å². The predicted molar refractivity (Wildman–Crippen MR) is 165 cm³/mol. The highest BCUT2D eigenvalue weighted by Gasteiger charge is 2.39. The van der Waals surface area contributed by atoms with E-state index in [1.807, 2.05) is 66.7 Å². The number of carbonyl (C=O) groups excluding carboxylic acids is 3. The van der Waals surface area contributed by atoms with Gasteiger partial charge in [-0.05, 0) is 47.4 Å². The van der Waals surface area contributed by atoms with Crippen molar-refractivity contribution in [2.45, 2.75) is 31.8 Å². The normalized spacial score (nSPS) is 16.9. The Bertz CT molecular complexity index is 1640. The number of nitrogens with zero attached hydrogens (tertiary/aromatic N) is 2. The Hall–Kier alpha value is -4.89. The summed E-state index contributed by atoms with van der Waals surface area (Å²) in [5, 5.41) is 19.3. The second-order valence-electron chi connectivity index (χ2n) is 11.0. The van der Waals surface area contributed by atoms with Crippen LogP contribution >= 0.6 is 0 Å². The fourth-order valence-corrected chi connectivity index (χ4v) is 5.81. The van der Waals surface area contributed by atoms with Gasteiger partial charge < -0.3 is 15.5 Å². The number of hydrogen-bond acceptors (Lipinski definition) is 6. The second-order valence-corrected chi connectivity index (χ2v) is 11.0. The third kappa shape index (κ3) is 7.13. The molecule has 1 fully saturated rings. The van der Waals surface area contributed by atoms with E-state index < -0.39 is 28.7 Å². The maximum absolute atomic E-state index is 13.8. The average Bonchev–Trinajstić information content (AvgIpc) is 3.52. The lowest BCUT2D eigenvalue weighted by molar-refractivity contribution is -0.383. The Morgan fingerprint density at radius 2 is 1.63 bits per heavy atom. The van der Waals surface area contributed by atoms with Crippen LogP contribution in [-0.2, 0) is 27.3 Å². The fourth-order valence-electron chi connectivity index (χ4n) is 5.81. The molecule has 9 heteroatoms. The minimum atomic E-state index is -0.856. The Morgan fingerprint density at radius 1 is 0.930 bits per heavy atom. The number of Topliss-reactive ketones (excluding diaryl/α,β-unsaturated/α-hetero) is 1. The Labute approximate surface area is 250 Å². The molecule has 1 unspecified atom stereocenters. The van der Waals surface area contributed by atoms with Gasteiger partial charge in [0.1, 0.15) is 11.5 Å². The van der Waals surface area contributed by atoms with E-state index in [1.165, 1.54) is 18.2 Å². The summed E-state index contributed by atoms with van der Waals surface area (Å²) in [6, 6.07) is 28.8. The molecule has 4 aromatic carbocycles. The molecular weight excluding hydrogens is 544 g/mol. The SMILES string of the molecule is CN(Cc1ccccc1)C(=O)[C@@H](CC(=O)[C@@H]1CCNC1C(=O)Nc1ccccc1[N+](=O)[O-])Cc1ccc2ccccc2c1. The monoisotopic (exact) mass is 578 g/mol. The number of para-hydroxylation sites is 2. The van der Waals surface area contributed by atoms with Crippen LogP contribution in [0.1, 0.15) is 24.0 Å². The zero-order valence-corrected chi connectivity index (χ0v) is 23.9. The van der Waals surface area contributed by atoms with Gasteiger partial charge >= 0.3 is 0 Å². The number of nitro groups is 1. The number of carbonyl (C=O) groups is 3. The van der Waals surface area contributed by atoms with Crippen LogP contribution in [0.3, 0.4) is 0 Å². The van der Waals surface area contributed by atoms with E-state index in [9.17, 15) is 24.5 Å². The van der Waals surface area contributed by atoms with Gasteiger partial charge in [0.05, 0.1) is 11.0 Å². The van der Waals surface area contributed by atoms with Gasteiger partial charge in [-0.3, -0.25) is 24.5 Å². The zero-order chi connectivity index (χ0) is 30.3. The van der Waals surface area contributed by atoms with Gasteiger partial charge in [-0.15, -0.1) is 0 Å². The second kappa shape index (κ2) is 13.4. The van der Waals surface area contributed by atoms with Crippen LogP contribution < -0.4 is 10.6 Å². The van der Waals surface area contributed by atoms with Crippen molar-refractivity contribution in [3.63, 3.8) is 0 Å². The first-order chi connectivity index (χ1) is 20.8. The number of hydrogen-bond donors (Lipinski definition) is 2. The van der Waals surface area contributed by atoms with Gasteiger partial charge in [-0.1, -0.05) is 84.9 Å². The lowest BCUT2D eigenvalue weighted by Gasteiger charge is -2.26. The molecule has 4 aromatic rings. The number of nitrogens with one attached hydrogen (secondary N) is 2. The maximum atomic E-state index is 13.8. The zero-order valence-electron chi connectivity index (χ0n) is 23.9. The molecule has 220 valence electrons. The van der Waals surface area contributed by atoms with Crippen LogP contribution in [0.2, 0.25) is 0 Å². The molecule has 0 bridgehead atoms. The predicted octanol–water partition coefficient (Wildman–Crippen LogP) is 5.14. The highest BCUT2D eigenvalue weighted by atomic mass is 16.6. The van der Waals surface area contributed by atoms with Gasteiger partial charge in [-0.2, -0.15) is 0 Å². The number of rotatable bonds is 11. The van der Waals surface area contributed by atoms with E-state index in [2.05, 4.69) is 16.7 Å². The summed E-state index contributed by atoms with van der Waals surface area (Å²) in [6.45, 7) is 0.858. The van der Waals surface area contributed by atoms with Crippen LogP contribution in [0, 0.1) is 22.0 Å². The third-order valence-corrected chi connectivity index (χ3v) is 8.01. The van der Waals surface area contributed by atoms with Gasteiger partial charge in [0.15, 0.2) is 0 Å². The fraction of sp³-hybridized carbons (Fsp3) is 0.265. The van der Waals surface area contributed by atoms with Crippen molar-refractivity contribution < 1.29 is 19.3 Å². The van der Waals surface area contributed by atoms with Crippen molar-refractivity contribution in [1.29, 1.82) is 0 Å². The third-order valence-electron chi connectivity index (χ3n) is 8.01. The molecule has 0 aromatic heterocycles. The minimum absolute atomic E-state index is 0.0214. The summed E-state index contributed by atoms with van der Waals surface area (Å²) < 4.78 is 0. The highest BCUT2D eigenvalue weighted by molar-refractivity contribution is 6.01. The molecule has 0 aliphatic carbocycles. The van der Waals surface area contributed by atoms with Gasteiger partial charge in [0, 0.05) is 37.9 Å². The van der Waals surface area contributed by atoms with E-state index in [-0.39, 0.29) is 29.5 Å². The summed E-state index contributed by atoms with van der Waals surface area (Å²) in [7, 11) is 1.74. The van der Waals surface area contributed by atoms with Crippen molar-refractivity contribution in [3.8, 4) is 0 Å². The Kier molecular flexibility index (Phi) is 9.22. The molecule has 1 aliphatic heterocycles. The van der Waals surface area contributed by atoms with Gasteiger partial charge in [0.2, 0.25) is 11.8 Å². The van der Waals surface area contributed by atoms with Crippen molar-refractivity contribution in [1.82, 2.24) is 10.2 Å². The molecule has 9 nitrogen and oxygen atoms in total. The number of anilines is 1. The minimum Gasteiger partial charge on any atom is -0.341 e. The van der Waals surface area contributed by atoms with E-state index in [0.717, 1.165) is 21.9 Å². The first-order valence-electron chi connectivity index (χ1n) is 14.4. The quantitative estimate of drug-likeness (QED) is 0.188. The summed E-state index contributed by atoms with van der Waals surface area (Å²) in [6.07, 6.45) is 0.790. The van der Waals surface area contributed by atoms with Crippen LogP contribution in [0.5, 0.6) is 0 Å². The van der Waals surface area contributed by atoms with Crippen molar-refractivity contribution >= 4 is 39.7 Å². The smallest absolute Gasteiger partial charge is 0.292 e. The van der Waals surface area contributed by atoms with Crippen LogP contribution in [0.15, 0.2) is 97.1 Å². The molecule has 43 heavy (non-hydrogen) atoms. The maximum Gasteiger partial charge on any atom is 0.292 e. The molecule has 5 rings (SSSR count). The van der Waals surface area contributed by atoms with Crippen molar-refractivity contribution in [3.05, 3.63) is 118 Å². The molecule has 0 saturated carbocycles. The Balaban J connectivity index is 1.35. The van der Waals surface area contributed by atoms with E-state index >= 15 is 0 Å². The lowest BCUT2D eigenvalue weighted by atomic mass is 9.85. The number of fused-ring (bicyclic) bond motifs is 1. The lowest BCUT2D eigenvalue weighted by Crippen LogP contribution is -2.43. The van der Waals surface area contributed by atoms with E-state index in [0.29, 0.717) is 25.9 Å². The summed E-state index contributed by atoms with van der Waals surface area (Å²) >= 11 is 0. The number of amides is 2. The van der Waals surface area contributed by atoms with Gasteiger partial charge in [-0.25, -0.2) is 0 Å². The van der Waals surface area contributed by atoms with Crippen molar-refractivity contribution in [2.75, 3.05) is 18.9 Å². The highest BCUT2D eigenvalue weighted by Crippen LogP contribution is 2.28. The molecule has 2 N–H and O–H groups in total. The van der Waals surface area contributed by atoms with Crippen molar-refractivity contribution in [2.24, 2.45) is 11.8 Å². The molecule has 3 atom stereocenters. The molecule has 0 spiro atoms. The number of nitro benzene ring substituents is 1. The standard InChI is InChI=1S/C34H34N4O5/c1-37(22-23-9-3-2-4-10-23)34(41)27(20-24-15-16-25-11-5-6-12-26(25)19-24)21-31(39)28-17-18-35-32(28)33(40)36-29-13-7-8-14-30(29)38(42)43/h2-16,19,27-28,32,35H,17-18,20-22H2,1H3,(H,36,40)/t27-,28+,32?/m1/s1. The largest absolute Gasteiger partial charge is 0.341 e. The molecule has 2 amide bonds. The summed E-state index contributed by atoms with van der Waals surface area (Å²) in [5.74, 6) is -2.11. The van der Waals surface area contributed by atoms with E-state index in [1.54, 1.807) is 18.0 Å². The topological polar surface area (TPSA) is 122 Å².